The minimum Gasteiger partial charge on any atom is -0.348 e. The smallest absolute Gasteiger partial charge is 0.253 e. The van der Waals surface area contributed by atoms with Crippen molar-refractivity contribution in [2.24, 2.45) is 0 Å². The van der Waals surface area contributed by atoms with Gasteiger partial charge in [0.2, 0.25) is 10.0 Å². The maximum atomic E-state index is 12.6. The number of sulfonamides is 1. The zero-order valence-electron chi connectivity index (χ0n) is 14.5. The van der Waals surface area contributed by atoms with Crippen molar-refractivity contribution in [2.45, 2.75) is 56.1 Å². The average molecular weight is 386 g/mol. The summed E-state index contributed by atoms with van der Waals surface area (Å²) in [7, 11) is -3.67. The van der Waals surface area contributed by atoms with E-state index in [0.717, 1.165) is 19.5 Å². The van der Waals surface area contributed by atoms with Gasteiger partial charge in [-0.3, -0.25) is 9.69 Å². The molecule has 0 spiro atoms. The van der Waals surface area contributed by atoms with Gasteiger partial charge < -0.3 is 5.32 Å². The highest BCUT2D eigenvalue weighted by Gasteiger charge is 2.35. The van der Waals surface area contributed by atoms with Crippen LogP contribution in [-0.4, -0.2) is 50.4 Å². The lowest BCUT2D eigenvalue weighted by molar-refractivity contribution is 0.0937. The predicted molar refractivity (Wildman–Crippen MR) is 97.4 cm³/mol. The summed E-state index contributed by atoms with van der Waals surface area (Å²) >= 11 is 6.13. The third-order valence-electron chi connectivity index (χ3n) is 4.50. The van der Waals surface area contributed by atoms with Crippen LogP contribution < -0.4 is 10.0 Å². The number of hydrogen-bond acceptors (Lipinski definition) is 4. The number of carbonyl (C=O) groups is 1. The van der Waals surface area contributed by atoms with Gasteiger partial charge in [0.05, 0.1) is 15.5 Å². The summed E-state index contributed by atoms with van der Waals surface area (Å²) in [5.74, 6) is -0.325. The van der Waals surface area contributed by atoms with Gasteiger partial charge in [0.15, 0.2) is 0 Å². The quantitative estimate of drug-likeness (QED) is 0.785. The molecule has 1 aromatic carbocycles. The highest BCUT2D eigenvalue weighted by Crippen LogP contribution is 2.30. The van der Waals surface area contributed by atoms with Crippen molar-refractivity contribution in [2.75, 3.05) is 13.1 Å². The van der Waals surface area contributed by atoms with Crippen LogP contribution in [0, 0.1) is 0 Å². The topological polar surface area (TPSA) is 78.5 Å². The molecule has 6 nitrogen and oxygen atoms in total. The van der Waals surface area contributed by atoms with E-state index in [-0.39, 0.29) is 33.5 Å². The van der Waals surface area contributed by atoms with Crippen molar-refractivity contribution < 1.29 is 13.2 Å². The Bertz CT molecular complexity index is 762. The van der Waals surface area contributed by atoms with E-state index in [0.29, 0.717) is 6.04 Å². The fourth-order valence-corrected chi connectivity index (χ4v) is 4.64. The molecule has 8 heteroatoms. The number of hydrogen-bond donors (Lipinski definition) is 2. The number of nitrogens with one attached hydrogen (secondary N) is 2. The van der Waals surface area contributed by atoms with Crippen molar-refractivity contribution in [1.29, 1.82) is 0 Å². The van der Waals surface area contributed by atoms with Gasteiger partial charge in [-0.2, -0.15) is 0 Å². The van der Waals surface area contributed by atoms with Gasteiger partial charge in [-0.15, -0.1) is 0 Å². The van der Waals surface area contributed by atoms with Crippen LogP contribution in [0.3, 0.4) is 0 Å². The number of benzene rings is 1. The maximum absolute atomic E-state index is 12.6. The van der Waals surface area contributed by atoms with E-state index in [1.165, 1.54) is 31.0 Å². The summed E-state index contributed by atoms with van der Waals surface area (Å²) in [5.41, 5.74) is 0.193. The van der Waals surface area contributed by atoms with E-state index in [1.54, 1.807) is 13.8 Å². The second-order valence-electron chi connectivity index (χ2n) is 7.10. The molecule has 1 aliphatic carbocycles. The van der Waals surface area contributed by atoms with Gasteiger partial charge in [-0.05, 0) is 51.3 Å². The molecule has 25 heavy (non-hydrogen) atoms. The monoisotopic (exact) mass is 385 g/mol. The Kier molecular flexibility index (Phi) is 5.39. The van der Waals surface area contributed by atoms with Gasteiger partial charge in [-0.1, -0.05) is 11.6 Å². The minimum atomic E-state index is -3.67. The first kappa shape index (κ1) is 18.6. The van der Waals surface area contributed by atoms with E-state index in [4.69, 9.17) is 11.6 Å². The van der Waals surface area contributed by atoms with Gasteiger partial charge in [0.1, 0.15) is 0 Å². The summed E-state index contributed by atoms with van der Waals surface area (Å²) in [6.07, 6.45) is 3.40. The van der Waals surface area contributed by atoms with Crippen molar-refractivity contribution in [3.8, 4) is 0 Å². The standard InChI is InChI=1S/C17H24ClN3O3S/c1-11(2)20-25(23,24)14-5-6-16(18)15(9-14)17(22)19-12-7-8-21(10-12)13-3-4-13/h5-6,9,11-13,20H,3-4,7-8,10H2,1-2H3,(H,19,22). The third-order valence-corrected chi connectivity index (χ3v) is 6.49. The van der Waals surface area contributed by atoms with Crippen molar-refractivity contribution >= 4 is 27.5 Å². The fraction of sp³-hybridized carbons (Fsp3) is 0.588. The zero-order chi connectivity index (χ0) is 18.2. The van der Waals surface area contributed by atoms with Crippen LogP contribution in [0.2, 0.25) is 5.02 Å². The molecule has 1 amide bonds. The van der Waals surface area contributed by atoms with Gasteiger partial charge >= 0.3 is 0 Å². The summed E-state index contributed by atoms with van der Waals surface area (Å²) in [4.78, 5) is 15.0. The lowest BCUT2D eigenvalue weighted by atomic mass is 10.2. The van der Waals surface area contributed by atoms with E-state index >= 15 is 0 Å². The Morgan fingerprint density at radius 2 is 2.00 bits per heavy atom. The SMILES string of the molecule is CC(C)NS(=O)(=O)c1ccc(Cl)c(C(=O)NC2CCN(C3CC3)C2)c1. The molecule has 1 atom stereocenters. The highest BCUT2D eigenvalue weighted by molar-refractivity contribution is 7.89. The number of likely N-dealkylation sites (tertiary alicyclic amines) is 1. The number of rotatable bonds is 6. The molecule has 138 valence electrons. The van der Waals surface area contributed by atoms with Gasteiger partial charge in [0, 0.05) is 31.2 Å². The molecule has 1 saturated heterocycles. The second-order valence-corrected chi connectivity index (χ2v) is 9.22. The van der Waals surface area contributed by atoms with E-state index < -0.39 is 10.0 Å². The molecule has 1 aromatic rings. The van der Waals surface area contributed by atoms with E-state index in [1.807, 2.05) is 0 Å². The first-order valence-corrected chi connectivity index (χ1v) is 10.5. The molecule has 0 aromatic heterocycles. The van der Waals surface area contributed by atoms with E-state index in [9.17, 15) is 13.2 Å². The third kappa shape index (κ3) is 4.53. The van der Waals surface area contributed by atoms with Crippen molar-refractivity contribution in [3.05, 3.63) is 28.8 Å². The molecule has 3 rings (SSSR count). The fourth-order valence-electron chi connectivity index (χ4n) is 3.16. The Hall–Kier alpha value is -1.15. The molecule has 2 N–H and O–H groups in total. The number of carbonyl (C=O) groups excluding carboxylic acids is 1. The maximum Gasteiger partial charge on any atom is 0.253 e. The lowest BCUT2D eigenvalue weighted by Gasteiger charge is -2.16. The average Bonchev–Trinajstić information content (AvgIpc) is 3.26. The molecular weight excluding hydrogens is 362 g/mol. The number of amides is 1. The summed E-state index contributed by atoms with van der Waals surface area (Å²) < 4.78 is 27.1. The summed E-state index contributed by atoms with van der Waals surface area (Å²) in [6, 6.07) is 4.74. The molecule has 1 aliphatic heterocycles. The second kappa shape index (κ2) is 7.23. The molecule has 2 aliphatic rings. The van der Waals surface area contributed by atoms with E-state index in [2.05, 4.69) is 14.9 Å². The normalized spacial score (nSPS) is 21.7. The number of halogens is 1. The Morgan fingerprint density at radius 1 is 1.28 bits per heavy atom. The van der Waals surface area contributed by atoms with Crippen LogP contribution in [0.15, 0.2) is 23.1 Å². The zero-order valence-corrected chi connectivity index (χ0v) is 16.0. The van der Waals surface area contributed by atoms with Gasteiger partial charge in [0.25, 0.3) is 5.91 Å². The van der Waals surface area contributed by atoms with Crippen LogP contribution in [0.25, 0.3) is 0 Å². The highest BCUT2D eigenvalue weighted by atomic mass is 35.5. The molecular formula is C17H24ClN3O3S. The predicted octanol–water partition coefficient (Wildman–Crippen LogP) is 1.99. The first-order chi connectivity index (χ1) is 11.8. The van der Waals surface area contributed by atoms with Crippen molar-refractivity contribution in [1.82, 2.24) is 14.9 Å². The van der Waals surface area contributed by atoms with Crippen LogP contribution in [0.5, 0.6) is 0 Å². The largest absolute Gasteiger partial charge is 0.348 e. The van der Waals surface area contributed by atoms with Crippen LogP contribution in [0.4, 0.5) is 0 Å². The van der Waals surface area contributed by atoms with Crippen LogP contribution in [-0.2, 0) is 10.0 Å². The molecule has 1 unspecified atom stereocenters. The van der Waals surface area contributed by atoms with Gasteiger partial charge in [-0.25, -0.2) is 13.1 Å². The Labute approximate surface area is 154 Å². The molecule has 0 bridgehead atoms. The summed E-state index contributed by atoms with van der Waals surface area (Å²) in [5, 5.41) is 3.24. The minimum absolute atomic E-state index is 0.0433. The van der Waals surface area contributed by atoms with Crippen molar-refractivity contribution in [3.63, 3.8) is 0 Å². The molecule has 2 fully saturated rings. The first-order valence-electron chi connectivity index (χ1n) is 8.63. The summed E-state index contributed by atoms with van der Waals surface area (Å²) in [6.45, 7) is 5.33. The molecule has 1 heterocycles. The Balaban J connectivity index is 1.72. The van der Waals surface area contributed by atoms with Crippen LogP contribution >= 0.6 is 11.6 Å². The van der Waals surface area contributed by atoms with Crippen LogP contribution in [0.1, 0.15) is 43.5 Å². The number of nitrogens with zero attached hydrogens (tertiary/aromatic N) is 1. The molecule has 1 saturated carbocycles. The molecule has 0 radical (unpaired) electrons. The lowest BCUT2D eigenvalue weighted by Crippen LogP contribution is -2.37. The Morgan fingerprint density at radius 3 is 2.64 bits per heavy atom.